The zero-order valence-electron chi connectivity index (χ0n) is 11.3. The van der Waals surface area contributed by atoms with Gasteiger partial charge in [0.25, 0.3) is 0 Å². The van der Waals surface area contributed by atoms with Crippen molar-refractivity contribution in [3.8, 4) is 5.75 Å². The number of ether oxygens (including phenoxy) is 1. The van der Waals surface area contributed by atoms with Crippen molar-refractivity contribution in [3.05, 3.63) is 65.2 Å². The molecule has 2 N–H and O–H groups in total. The molecular weight excluding hydrogens is 260 g/mol. The molecule has 0 aliphatic rings. The number of hydrogen-bond acceptors (Lipinski definition) is 2. The minimum atomic E-state index is -0.414. The lowest BCUT2D eigenvalue weighted by atomic mass is 9.99. The molecule has 2 aromatic rings. The molecule has 1 unspecified atom stereocenters. The van der Waals surface area contributed by atoms with Crippen molar-refractivity contribution in [2.45, 2.75) is 18.9 Å². The summed E-state index contributed by atoms with van der Waals surface area (Å²) in [5.74, 6) is -0.469. The van der Waals surface area contributed by atoms with Gasteiger partial charge in [-0.3, -0.25) is 0 Å². The van der Waals surface area contributed by atoms with Crippen molar-refractivity contribution in [2.75, 3.05) is 7.11 Å². The van der Waals surface area contributed by atoms with E-state index in [1.807, 2.05) is 0 Å². The molecule has 20 heavy (non-hydrogen) atoms. The van der Waals surface area contributed by atoms with E-state index in [1.165, 1.54) is 19.2 Å². The zero-order valence-corrected chi connectivity index (χ0v) is 11.3. The summed E-state index contributed by atoms with van der Waals surface area (Å²) in [7, 11) is 1.42. The molecule has 0 radical (unpaired) electrons. The summed E-state index contributed by atoms with van der Waals surface area (Å²) in [6.07, 6.45) is 0.898. The fourth-order valence-electron chi connectivity index (χ4n) is 2.16. The van der Waals surface area contributed by atoms with Crippen molar-refractivity contribution >= 4 is 0 Å². The van der Waals surface area contributed by atoms with Crippen LogP contribution < -0.4 is 10.5 Å². The Morgan fingerprint density at radius 2 is 1.80 bits per heavy atom. The highest BCUT2D eigenvalue weighted by Crippen LogP contribution is 2.19. The lowest BCUT2D eigenvalue weighted by molar-refractivity contribution is 0.386. The van der Waals surface area contributed by atoms with Gasteiger partial charge < -0.3 is 10.5 Å². The lowest BCUT2D eigenvalue weighted by Gasteiger charge is -2.13. The van der Waals surface area contributed by atoms with E-state index in [1.54, 1.807) is 30.3 Å². The van der Waals surface area contributed by atoms with E-state index in [0.717, 1.165) is 5.56 Å². The van der Waals surface area contributed by atoms with E-state index in [2.05, 4.69) is 0 Å². The molecule has 2 rings (SSSR count). The topological polar surface area (TPSA) is 35.2 Å². The maximum Gasteiger partial charge on any atom is 0.165 e. The van der Waals surface area contributed by atoms with E-state index in [9.17, 15) is 8.78 Å². The van der Waals surface area contributed by atoms with Gasteiger partial charge in [-0.25, -0.2) is 8.78 Å². The minimum Gasteiger partial charge on any atom is -0.494 e. The SMILES string of the molecule is COc1ccc(CC(N)Cc2ccccc2F)cc1F. The van der Waals surface area contributed by atoms with Crippen LogP contribution in [0.2, 0.25) is 0 Å². The van der Waals surface area contributed by atoms with Crippen molar-refractivity contribution in [1.29, 1.82) is 0 Å². The van der Waals surface area contributed by atoms with Crippen LogP contribution in [0.25, 0.3) is 0 Å². The van der Waals surface area contributed by atoms with E-state index >= 15 is 0 Å². The molecule has 0 saturated heterocycles. The first-order chi connectivity index (χ1) is 9.60. The molecule has 4 heteroatoms. The first kappa shape index (κ1) is 14.5. The van der Waals surface area contributed by atoms with Crippen molar-refractivity contribution in [3.63, 3.8) is 0 Å². The number of benzene rings is 2. The van der Waals surface area contributed by atoms with Crippen molar-refractivity contribution in [1.82, 2.24) is 0 Å². The van der Waals surface area contributed by atoms with E-state index in [-0.39, 0.29) is 17.6 Å². The third-order valence-electron chi connectivity index (χ3n) is 3.15. The van der Waals surface area contributed by atoms with Crippen molar-refractivity contribution < 1.29 is 13.5 Å². The number of rotatable bonds is 5. The highest BCUT2D eigenvalue weighted by Gasteiger charge is 2.10. The summed E-state index contributed by atoms with van der Waals surface area (Å²) >= 11 is 0. The Bertz CT molecular complexity index is 586. The summed E-state index contributed by atoms with van der Waals surface area (Å²) < 4.78 is 31.9. The van der Waals surface area contributed by atoms with Crippen LogP contribution in [0.1, 0.15) is 11.1 Å². The Labute approximate surface area is 117 Å². The number of methoxy groups -OCH3 is 1. The zero-order chi connectivity index (χ0) is 14.5. The highest BCUT2D eigenvalue weighted by molar-refractivity contribution is 5.30. The first-order valence-electron chi connectivity index (χ1n) is 6.41. The maximum absolute atomic E-state index is 13.6. The second kappa shape index (κ2) is 6.48. The number of hydrogen-bond donors (Lipinski definition) is 1. The molecule has 0 aromatic heterocycles. The first-order valence-corrected chi connectivity index (χ1v) is 6.41. The predicted molar refractivity (Wildman–Crippen MR) is 74.7 cm³/mol. The van der Waals surface area contributed by atoms with Crippen LogP contribution in [-0.4, -0.2) is 13.2 Å². The molecular formula is C16H17F2NO. The molecule has 106 valence electrons. The van der Waals surface area contributed by atoms with Gasteiger partial charge in [-0.2, -0.15) is 0 Å². The van der Waals surface area contributed by atoms with E-state index < -0.39 is 5.82 Å². The molecule has 0 bridgehead atoms. The maximum atomic E-state index is 13.6. The van der Waals surface area contributed by atoms with Gasteiger partial charge in [0.2, 0.25) is 0 Å². The third-order valence-corrected chi connectivity index (χ3v) is 3.15. The molecule has 0 saturated carbocycles. The molecule has 0 aliphatic carbocycles. The fraction of sp³-hybridized carbons (Fsp3) is 0.250. The summed E-state index contributed by atoms with van der Waals surface area (Å²) in [4.78, 5) is 0. The van der Waals surface area contributed by atoms with E-state index in [0.29, 0.717) is 18.4 Å². The van der Waals surface area contributed by atoms with Crippen LogP contribution in [0.4, 0.5) is 8.78 Å². The number of halogens is 2. The molecule has 0 aliphatic heterocycles. The standard InChI is InChI=1S/C16H17F2NO/c1-20-16-7-6-11(9-15(16)18)8-13(19)10-12-4-2-3-5-14(12)17/h2-7,9,13H,8,10,19H2,1H3. The van der Waals surface area contributed by atoms with Crippen LogP contribution >= 0.6 is 0 Å². The van der Waals surface area contributed by atoms with Gasteiger partial charge in [0.1, 0.15) is 5.82 Å². The molecule has 2 aromatic carbocycles. The molecule has 0 spiro atoms. The Kier molecular flexibility index (Phi) is 4.69. The van der Waals surface area contributed by atoms with Gasteiger partial charge in [-0.05, 0) is 42.2 Å². The van der Waals surface area contributed by atoms with Gasteiger partial charge in [0.05, 0.1) is 7.11 Å². The Balaban J connectivity index is 2.03. The Morgan fingerprint density at radius 1 is 1.05 bits per heavy atom. The molecule has 1 atom stereocenters. The molecule has 0 fully saturated rings. The van der Waals surface area contributed by atoms with Gasteiger partial charge in [-0.1, -0.05) is 24.3 Å². The van der Waals surface area contributed by atoms with Crippen LogP contribution in [0.5, 0.6) is 5.75 Å². The average molecular weight is 277 g/mol. The summed E-state index contributed by atoms with van der Waals surface area (Å²) in [5.41, 5.74) is 7.36. The van der Waals surface area contributed by atoms with Gasteiger partial charge >= 0.3 is 0 Å². The van der Waals surface area contributed by atoms with Crippen LogP contribution in [0.15, 0.2) is 42.5 Å². The third kappa shape index (κ3) is 3.54. The van der Waals surface area contributed by atoms with E-state index in [4.69, 9.17) is 10.5 Å². The van der Waals surface area contributed by atoms with Crippen LogP contribution in [-0.2, 0) is 12.8 Å². The Hall–Kier alpha value is -1.94. The predicted octanol–water partition coefficient (Wildman–Crippen LogP) is 3.09. The fourth-order valence-corrected chi connectivity index (χ4v) is 2.16. The van der Waals surface area contributed by atoms with Gasteiger partial charge in [0, 0.05) is 6.04 Å². The van der Waals surface area contributed by atoms with Gasteiger partial charge in [-0.15, -0.1) is 0 Å². The lowest BCUT2D eigenvalue weighted by Crippen LogP contribution is -2.26. The summed E-state index contributed by atoms with van der Waals surface area (Å²) in [5, 5.41) is 0. The highest BCUT2D eigenvalue weighted by atomic mass is 19.1. The van der Waals surface area contributed by atoms with Gasteiger partial charge in [0.15, 0.2) is 11.6 Å². The largest absolute Gasteiger partial charge is 0.494 e. The monoisotopic (exact) mass is 277 g/mol. The molecule has 2 nitrogen and oxygen atoms in total. The second-order valence-corrected chi connectivity index (χ2v) is 4.73. The smallest absolute Gasteiger partial charge is 0.165 e. The molecule has 0 heterocycles. The second-order valence-electron chi connectivity index (χ2n) is 4.73. The average Bonchev–Trinajstić information content (AvgIpc) is 2.41. The summed E-state index contributed by atoms with van der Waals surface area (Å²) in [6.45, 7) is 0. The minimum absolute atomic E-state index is 0.205. The molecule has 0 amide bonds. The van der Waals surface area contributed by atoms with Crippen molar-refractivity contribution in [2.24, 2.45) is 5.73 Å². The quantitative estimate of drug-likeness (QED) is 0.911. The van der Waals surface area contributed by atoms with Crippen LogP contribution in [0.3, 0.4) is 0 Å². The number of nitrogens with two attached hydrogens (primary N) is 1. The Morgan fingerprint density at radius 3 is 2.45 bits per heavy atom. The normalized spacial score (nSPS) is 12.2. The summed E-state index contributed by atoms with van der Waals surface area (Å²) in [6, 6.07) is 11.0. The van der Waals surface area contributed by atoms with Crippen LogP contribution in [0, 0.1) is 11.6 Å².